The minimum Gasteiger partial charge on any atom is -0.497 e. The van der Waals surface area contributed by atoms with Crippen LogP contribution in [0.5, 0.6) is 11.5 Å². The minimum absolute atomic E-state index is 0.0178. The summed E-state index contributed by atoms with van der Waals surface area (Å²) in [7, 11) is 3.18. The Morgan fingerprint density at radius 3 is 2.38 bits per heavy atom. The lowest BCUT2D eigenvalue weighted by Crippen LogP contribution is -2.37. The lowest BCUT2D eigenvalue weighted by Gasteiger charge is -2.32. The number of ether oxygens (including phenoxy) is 3. The smallest absolute Gasteiger partial charge is 0.342 e. The monoisotopic (exact) mass is 535 g/mol. The highest BCUT2D eigenvalue weighted by Crippen LogP contribution is 2.41. The third-order valence-electron chi connectivity index (χ3n) is 8.35. The Morgan fingerprint density at radius 2 is 1.64 bits per heavy atom. The van der Waals surface area contributed by atoms with Crippen molar-refractivity contribution in [3.63, 3.8) is 0 Å². The summed E-state index contributed by atoms with van der Waals surface area (Å²) >= 11 is 0. The van der Waals surface area contributed by atoms with E-state index >= 15 is 0 Å². The zero-order valence-electron chi connectivity index (χ0n) is 23.2. The van der Waals surface area contributed by atoms with Gasteiger partial charge in [-0.1, -0.05) is 44.2 Å². The first-order chi connectivity index (χ1) is 19.1. The van der Waals surface area contributed by atoms with Crippen molar-refractivity contribution >= 4 is 17.0 Å². The van der Waals surface area contributed by atoms with E-state index in [0.29, 0.717) is 17.1 Å². The molecule has 8 nitrogen and oxygen atoms in total. The maximum absolute atomic E-state index is 12.5. The number of imidazole rings is 1. The van der Waals surface area contributed by atoms with Crippen molar-refractivity contribution in [3.8, 4) is 11.5 Å². The number of nitrogens with zero attached hydrogens (tertiary/aromatic N) is 2. The molecule has 2 aliphatic rings. The number of fused-ring (bicyclic) bond motifs is 2. The van der Waals surface area contributed by atoms with Gasteiger partial charge in [-0.15, -0.1) is 0 Å². The lowest BCUT2D eigenvalue weighted by atomic mass is 9.98. The van der Waals surface area contributed by atoms with E-state index in [0.717, 1.165) is 68.3 Å². The van der Waals surface area contributed by atoms with Crippen LogP contribution in [0.25, 0.3) is 11.0 Å². The van der Waals surface area contributed by atoms with Gasteiger partial charge in [-0.05, 0) is 56.8 Å². The number of para-hydroxylation sites is 2. The van der Waals surface area contributed by atoms with Crippen molar-refractivity contribution in [1.29, 1.82) is 0 Å². The Kier molecular flexibility index (Phi) is 8.91. The molecule has 0 aliphatic carbocycles. The van der Waals surface area contributed by atoms with Crippen LogP contribution in [-0.2, 0) is 4.74 Å². The van der Waals surface area contributed by atoms with Gasteiger partial charge in [0, 0.05) is 30.8 Å². The molecule has 5 rings (SSSR count). The maximum Gasteiger partial charge on any atom is 0.342 e. The van der Waals surface area contributed by atoms with Crippen molar-refractivity contribution in [2.24, 2.45) is 0 Å². The zero-order valence-corrected chi connectivity index (χ0v) is 23.2. The van der Waals surface area contributed by atoms with E-state index in [1.165, 1.54) is 32.1 Å². The van der Waals surface area contributed by atoms with Gasteiger partial charge in [-0.25, -0.2) is 9.59 Å². The molecule has 3 aromatic rings. The highest BCUT2D eigenvalue weighted by molar-refractivity contribution is 5.97. The first kappa shape index (κ1) is 27.3. The molecule has 1 fully saturated rings. The van der Waals surface area contributed by atoms with Gasteiger partial charge >= 0.3 is 11.7 Å². The number of cyclic esters (lactones) is 1. The van der Waals surface area contributed by atoms with Crippen LogP contribution in [-0.4, -0.2) is 54.3 Å². The van der Waals surface area contributed by atoms with E-state index in [2.05, 4.69) is 9.88 Å². The van der Waals surface area contributed by atoms with Gasteiger partial charge in [-0.2, -0.15) is 0 Å². The number of benzene rings is 2. The quantitative estimate of drug-likeness (QED) is 0.213. The Morgan fingerprint density at radius 1 is 0.923 bits per heavy atom. The number of piperidine rings is 1. The summed E-state index contributed by atoms with van der Waals surface area (Å²) in [5.74, 6) is 0.902. The van der Waals surface area contributed by atoms with Crippen LogP contribution in [0.15, 0.2) is 41.2 Å². The minimum atomic E-state index is -0.300. The van der Waals surface area contributed by atoms with Gasteiger partial charge in [-0.3, -0.25) is 4.57 Å². The van der Waals surface area contributed by atoms with Crippen molar-refractivity contribution in [1.82, 2.24) is 14.5 Å². The van der Waals surface area contributed by atoms with Gasteiger partial charge in [0.2, 0.25) is 0 Å². The molecule has 8 heteroatoms. The van der Waals surface area contributed by atoms with Crippen molar-refractivity contribution < 1.29 is 19.0 Å². The molecule has 0 bridgehead atoms. The summed E-state index contributed by atoms with van der Waals surface area (Å²) < 4.78 is 18.4. The number of hydrogen-bond acceptors (Lipinski definition) is 6. The number of methoxy groups -OCH3 is 2. The molecule has 1 unspecified atom stereocenters. The fraction of sp³-hybridized carbons (Fsp3) is 0.548. The van der Waals surface area contributed by atoms with Crippen LogP contribution in [0.3, 0.4) is 0 Å². The second-order valence-corrected chi connectivity index (χ2v) is 10.8. The van der Waals surface area contributed by atoms with Crippen molar-refractivity contribution in [2.75, 3.05) is 33.9 Å². The number of aromatic nitrogens is 2. The molecule has 0 amide bonds. The van der Waals surface area contributed by atoms with Crippen LogP contribution < -0.4 is 15.2 Å². The highest BCUT2D eigenvalue weighted by atomic mass is 16.6. The van der Waals surface area contributed by atoms with Crippen LogP contribution in [0.2, 0.25) is 0 Å². The molecule has 39 heavy (non-hydrogen) atoms. The molecule has 2 aromatic carbocycles. The number of hydrogen-bond donors (Lipinski definition) is 1. The molecule has 0 spiro atoms. The molecule has 1 saturated heterocycles. The summed E-state index contributed by atoms with van der Waals surface area (Å²) in [6.07, 6.45) is 11.1. The second kappa shape index (κ2) is 12.7. The average Bonchev–Trinajstić information content (AvgIpc) is 3.47. The summed E-state index contributed by atoms with van der Waals surface area (Å²) in [5, 5.41) is 0. The van der Waals surface area contributed by atoms with E-state index in [4.69, 9.17) is 14.2 Å². The van der Waals surface area contributed by atoms with Gasteiger partial charge in [0.1, 0.15) is 23.2 Å². The van der Waals surface area contributed by atoms with Gasteiger partial charge in [0.15, 0.2) is 0 Å². The van der Waals surface area contributed by atoms with E-state index in [1.54, 1.807) is 20.3 Å². The first-order valence-electron chi connectivity index (χ1n) is 14.5. The summed E-state index contributed by atoms with van der Waals surface area (Å²) in [5.41, 5.74) is 3.39. The van der Waals surface area contributed by atoms with Crippen molar-refractivity contribution in [2.45, 2.75) is 76.4 Å². The average molecular weight is 536 g/mol. The predicted octanol–water partition coefficient (Wildman–Crippen LogP) is 6.02. The van der Waals surface area contributed by atoms with Crippen LogP contribution >= 0.6 is 0 Å². The molecule has 2 aliphatic heterocycles. The molecule has 0 saturated carbocycles. The van der Waals surface area contributed by atoms with Gasteiger partial charge < -0.3 is 24.1 Å². The van der Waals surface area contributed by atoms with E-state index in [-0.39, 0.29) is 23.8 Å². The summed E-state index contributed by atoms with van der Waals surface area (Å²) in [4.78, 5) is 30.4. The SMILES string of the molecule is COc1cc(OC)c2c(c1)C(CCCCCCCCCN1CCC(n3c(=O)[nH]c4ccccc43)CC1)OC2=O. The number of esters is 1. The Labute approximate surface area is 230 Å². The number of aromatic amines is 1. The first-order valence-corrected chi connectivity index (χ1v) is 14.5. The number of carbonyl (C=O) groups excluding carboxylic acids is 1. The molecule has 1 atom stereocenters. The van der Waals surface area contributed by atoms with Gasteiger partial charge in [0.25, 0.3) is 0 Å². The van der Waals surface area contributed by atoms with Gasteiger partial charge in [0.05, 0.1) is 25.3 Å². The fourth-order valence-corrected chi connectivity index (χ4v) is 6.21. The summed E-state index contributed by atoms with van der Waals surface area (Å²) in [6, 6.07) is 11.9. The molecule has 210 valence electrons. The topological polar surface area (TPSA) is 85.8 Å². The largest absolute Gasteiger partial charge is 0.497 e. The summed E-state index contributed by atoms with van der Waals surface area (Å²) in [6.45, 7) is 3.27. The predicted molar refractivity (Wildman–Crippen MR) is 152 cm³/mol. The normalized spacial score (nSPS) is 17.9. The third kappa shape index (κ3) is 6.16. The number of H-pyrrole nitrogens is 1. The van der Waals surface area contributed by atoms with Crippen LogP contribution in [0.1, 0.15) is 92.3 Å². The third-order valence-corrected chi connectivity index (χ3v) is 8.35. The molecule has 0 radical (unpaired) electrons. The number of carbonyl (C=O) groups is 1. The Bertz CT molecular complexity index is 1320. The van der Waals surface area contributed by atoms with Crippen LogP contribution in [0, 0.1) is 0 Å². The van der Waals surface area contributed by atoms with Crippen molar-refractivity contribution in [3.05, 3.63) is 58.0 Å². The molecule has 1 N–H and O–H groups in total. The Hall–Kier alpha value is -3.26. The molecule has 3 heterocycles. The highest BCUT2D eigenvalue weighted by Gasteiger charge is 2.34. The van der Waals surface area contributed by atoms with E-state index < -0.39 is 0 Å². The molecular weight excluding hydrogens is 494 g/mol. The second-order valence-electron chi connectivity index (χ2n) is 10.8. The van der Waals surface area contributed by atoms with Crippen LogP contribution in [0.4, 0.5) is 0 Å². The number of likely N-dealkylation sites (tertiary alicyclic amines) is 1. The standard InChI is InChI=1S/C31H41N3O5/c1-37-23-20-24-27(39-30(35)29(24)28(21-23)38-2)14-8-6-4-3-5-7-11-17-33-18-15-22(16-19-33)34-26-13-10-9-12-25(26)32-31(34)36/h9-10,12-13,20-22,27H,3-8,11,14-19H2,1-2H3,(H,32,36). The number of rotatable bonds is 13. The fourth-order valence-electron chi connectivity index (χ4n) is 6.21. The maximum atomic E-state index is 12.5. The number of nitrogens with one attached hydrogen (secondary N) is 1. The zero-order chi connectivity index (χ0) is 27.2. The van der Waals surface area contributed by atoms with E-state index in [1.807, 2.05) is 34.9 Å². The molecular formula is C31H41N3O5. The molecule has 1 aromatic heterocycles. The van der Waals surface area contributed by atoms with E-state index in [9.17, 15) is 9.59 Å². The lowest BCUT2D eigenvalue weighted by molar-refractivity contribution is 0.0361. The Balaban J connectivity index is 0.947. The number of unbranched alkanes of at least 4 members (excludes halogenated alkanes) is 6.